The second-order valence-electron chi connectivity index (χ2n) is 6.54. The third-order valence-electron chi connectivity index (χ3n) is 4.10. The van der Waals surface area contributed by atoms with E-state index in [9.17, 15) is 4.79 Å². The topological polar surface area (TPSA) is 69.0 Å². The van der Waals surface area contributed by atoms with Crippen LogP contribution in [-0.4, -0.2) is 39.1 Å². The fourth-order valence-corrected chi connectivity index (χ4v) is 3.51. The average Bonchev–Trinajstić information content (AvgIpc) is 3.31. The van der Waals surface area contributed by atoms with E-state index in [0.717, 1.165) is 35.1 Å². The lowest BCUT2D eigenvalue weighted by Gasteiger charge is -2.16. The van der Waals surface area contributed by atoms with Crippen molar-refractivity contribution in [1.82, 2.24) is 20.1 Å². The zero-order valence-electron chi connectivity index (χ0n) is 15.0. The van der Waals surface area contributed by atoms with E-state index in [4.69, 9.17) is 4.74 Å². The Balaban J connectivity index is 1.82. The lowest BCUT2D eigenvalue weighted by atomic mass is 10.2. The number of carbonyl (C=O) groups is 1. The third-order valence-corrected chi connectivity index (χ3v) is 5.16. The summed E-state index contributed by atoms with van der Waals surface area (Å²) >= 11 is 1.45. The number of hydrogen-bond donors (Lipinski definition) is 1. The second kappa shape index (κ2) is 7.47. The third kappa shape index (κ3) is 4.15. The van der Waals surface area contributed by atoms with Gasteiger partial charge >= 0.3 is 0 Å². The monoisotopic (exact) mass is 360 g/mol. The van der Waals surface area contributed by atoms with Crippen molar-refractivity contribution >= 4 is 17.7 Å². The van der Waals surface area contributed by atoms with Gasteiger partial charge in [-0.15, -0.1) is 10.2 Å². The van der Waals surface area contributed by atoms with E-state index in [1.807, 2.05) is 31.2 Å². The van der Waals surface area contributed by atoms with Crippen LogP contribution in [0.15, 0.2) is 29.4 Å². The van der Waals surface area contributed by atoms with Crippen molar-refractivity contribution in [3.63, 3.8) is 0 Å². The number of rotatable bonds is 7. The highest BCUT2D eigenvalue weighted by atomic mass is 32.2. The molecule has 6 nitrogen and oxygen atoms in total. The number of benzene rings is 1. The summed E-state index contributed by atoms with van der Waals surface area (Å²) < 4.78 is 7.29. The number of thioether (sulfide) groups is 1. The van der Waals surface area contributed by atoms with Gasteiger partial charge in [0.15, 0.2) is 11.0 Å². The van der Waals surface area contributed by atoms with Crippen LogP contribution in [0.5, 0.6) is 5.75 Å². The molecule has 1 aromatic heterocycles. The Bertz CT molecular complexity index is 738. The van der Waals surface area contributed by atoms with Crippen LogP contribution in [0.2, 0.25) is 0 Å². The minimum absolute atomic E-state index is 0.0665. The molecule has 1 aliphatic carbocycles. The van der Waals surface area contributed by atoms with Gasteiger partial charge in [-0.2, -0.15) is 0 Å². The predicted molar refractivity (Wildman–Crippen MR) is 98.9 cm³/mol. The number of nitrogens with zero attached hydrogens (tertiary/aromatic N) is 3. The maximum atomic E-state index is 12.2. The summed E-state index contributed by atoms with van der Waals surface area (Å²) in [5.41, 5.74) is 0.976. The van der Waals surface area contributed by atoms with Gasteiger partial charge in [0.25, 0.3) is 0 Å². The summed E-state index contributed by atoms with van der Waals surface area (Å²) in [5.74, 6) is 1.67. The Morgan fingerprint density at radius 2 is 1.92 bits per heavy atom. The van der Waals surface area contributed by atoms with Crippen molar-refractivity contribution in [2.75, 3.05) is 7.11 Å². The predicted octanol–water partition coefficient (Wildman–Crippen LogP) is 3.29. The van der Waals surface area contributed by atoms with Crippen molar-refractivity contribution in [2.24, 2.45) is 0 Å². The van der Waals surface area contributed by atoms with Crippen molar-refractivity contribution in [3.8, 4) is 17.1 Å². The van der Waals surface area contributed by atoms with Crippen LogP contribution >= 0.6 is 11.8 Å². The number of ether oxygens (including phenoxy) is 1. The fourth-order valence-electron chi connectivity index (χ4n) is 2.52. The summed E-state index contributed by atoms with van der Waals surface area (Å²) in [6.45, 7) is 6.10. The number of aromatic nitrogens is 3. The molecular weight excluding hydrogens is 336 g/mol. The van der Waals surface area contributed by atoms with Crippen molar-refractivity contribution in [2.45, 2.75) is 56.1 Å². The molecule has 1 N–H and O–H groups in total. The zero-order chi connectivity index (χ0) is 18.0. The molecule has 0 unspecified atom stereocenters. The van der Waals surface area contributed by atoms with Crippen LogP contribution in [0.4, 0.5) is 0 Å². The SMILES string of the molecule is COc1ccc(-c2nnc(S[C@H](C)C(=O)NC3CC3)n2C(C)C)cc1. The molecule has 1 amide bonds. The molecule has 134 valence electrons. The molecular formula is C18H24N4O2S. The molecule has 3 rings (SSSR count). The van der Waals surface area contributed by atoms with Crippen molar-refractivity contribution in [1.29, 1.82) is 0 Å². The molecule has 0 saturated heterocycles. The Hall–Kier alpha value is -2.02. The van der Waals surface area contributed by atoms with Crippen LogP contribution in [0.1, 0.15) is 39.7 Å². The van der Waals surface area contributed by atoms with Crippen LogP contribution in [0, 0.1) is 0 Å². The lowest BCUT2D eigenvalue weighted by molar-refractivity contribution is -0.120. The van der Waals surface area contributed by atoms with Gasteiger partial charge in [0, 0.05) is 17.6 Å². The summed E-state index contributed by atoms with van der Waals surface area (Å²) in [6.07, 6.45) is 2.18. The van der Waals surface area contributed by atoms with Gasteiger partial charge < -0.3 is 10.1 Å². The molecule has 1 aliphatic rings. The molecule has 2 aromatic rings. The van der Waals surface area contributed by atoms with E-state index in [2.05, 4.69) is 33.9 Å². The fraction of sp³-hybridized carbons (Fsp3) is 0.500. The number of hydrogen-bond acceptors (Lipinski definition) is 5. The van der Waals surface area contributed by atoms with E-state index >= 15 is 0 Å². The van der Waals surface area contributed by atoms with E-state index < -0.39 is 0 Å². The quantitative estimate of drug-likeness (QED) is 0.767. The summed E-state index contributed by atoms with van der Waals surface area (Å²) in [6, 6.07) is 8.32. The maximum absolute atomic E-state index is 12.2. The van der Waals surface area contributed by atoms with E-state index in [0.29, 0.717) is 6.04 Å². The molecule has 0 aliphatic heterocycles. The van der Waals surface area contributed by atoms with Crippen LogP contribution in [0.3, 0.4) is 0 Å². The summed E-state index contributed by atoms with van der Waals surface area (Å²) in [5, 5.41) is 12.3. The highest BCUT2D eigenvalue weighted by molar-refractivity contribution is 8.00. The molecule has 1 atom stereocenters. The molecule has 0 spiro atoms. The Labute approximate surface area is 152 Å². The summed E-state index contributed by atoms with van der Waals surface area (Å²) in [4.78, 5) is 12.2. The van der Waals surface area contributed by atoms with E-state index in [-0.39, 0.29) is 17.2 Å². The van der Waals surface area contributed by atoms with E-state index in [1.165, 1.54) is 11.8 Å². The van der Waals surface area contributed by atoms with Crippen LogP contribution in [-0.2, 0) is 4.79 Å². The van der Waals surface area contributed by atoms with Gasteiger partial charge in [0.1, 0.15) is 5.75 Å². The molecule has 1 aromatic carbocycles. The molecule has 1 heterocycles. The Morgan fingerprint density at radius 1 is 1.24 bits per heavy atom. The van der Waals surface area contributed by atoms with Gasteiger partial charge in [-0.25, -0.2) is 0 Å². The van der Waals surface area contributed by atoms with Crippen LogP contribution < -0.4 is 10.1 Å². The van der Waals surface area contributed by atoms with Gasteiger partial charge in [-0.05, 0) is 57.9 Å². The average molecular weight is 360 g/mol. The first-order valence-electron chi connectivity index (χ1n) is 8.56. The summed E-state index contributed by atoms with van der Waals surface area (Å²) in [7, 11) is 1.65. The van der Waals surface area contributed by atoms with Gasteiger partial charge in [-0.3, -0.25) is 9.36 Å². The molecule has 0 bridgehead atoms. The lowest BCUT2D eigenvalue weighted by Crippen LogP contribution is -2.32. The second-order valence-corrected chi connectivity index (χ2v) is 7.85. The molecule has 1 saturated carbocycles. The maximum Gasteiger partial charge on any atom is 0.233 e. The number of nitrogens with one attached hydrogen (secondary N) is 1. The first kappa shape index (κ1) is 17.8. The normalized spacial score (nSPS) is 15.2. The van der Waals surface area contributed by atoms with E-state index in [1.54, 1.807) is 7.11 Å². The Kier molecular flexibility index (Phi) is 5.32. The van der Waals surface area contributed by atoms with Crippen molar-refractivity contribution < 1.29 is 9.53 Å². The molecule has 7 heteroatoms. The van der Waals surface area contributed by atoms with Gasteiger partial charge in [0.2, 0.25) is 5.91 Å². The largest absolute Gasteiger partial charge is 0.497 e. The van der Waals surface area contributed by atoms with Gasteiger partial charge in [0.05, 0.1) is 12.4 Å². The zero-order valence-corrected chi connectivity index (χ0v) is 15.8. The minimum atomic E-state index is -0.203. The minimum Gasteiger partial charge on any atom is -0.497 e. The number of amides is 1. The highest BCUT2D eigenvalue weighted by Gasteiger charge is 2.27. The molecule has 25 heavy (non-hydrogen) atoms. The molecule has 0 radical (unpaired) electrons. The number of carbonyl (C=O) groups excluding carboxylic acids is 1. The van der Waals surface area contributed by atoms with Gasteiger partial charge in [-0.1, -0.05) is 11.8 Å². The highest BCUT2D eigenvalue weighted by Crippen LogP contribution is 2.31. The first-order valence-corrected chi connectivity index (χ1v) is 9.44. The first-order chi connectivity index (χ1) is 12.0. The Morgan fingerprint density at radius 3 is 2.48 bits per heavy atom. The standard InChI is InChI=1S/C18H24N4O2S/c1-11(2)22-16(13-5-9-15(24-4)10-6-13)20-21-18(22)25-12(3)17(23)19-14-7-8-14/h5-6,9-12,14H,7-8H2,1-4H3,(H,19,23)/t12-/m1/s1. The molecule has 1 fully saturated rings. The van der Waals surface area contributed by atoms with Crippen molar-refractivity contribution in [3.05, 3.63) is 24.3 Å². The number of methoxy groups -OCH3 is 1. The smallest absolute Gasteiger partial charge is 0.233 e. The van der Waals surface area contributed by atoms with Crippen LogP contribution in [0.25, 0.3) is 11.4 Å².